The summed E-state index contributed by atoms with van der Waals surface area (Å²) in [5.41, 5.74) is 0.713. The molecule has 0 radical (unpaired) electrons. The zero-order chi connectivity index (χ0) is 19.6. The molecule has 0 aliphatic rings. The molecule has 0 fully saturated rings. The first kappa shape index (κ1) is 20.2. The highest BCUT2D eigenvalue weighted by Crippen LogP contribution is 2.38. The van der Waals surface area contributed by atoms with Crippen molar-refractivity contribution in [2.45, 2.75) is 13.3 Å². The summed E-state index contributed by atoms with van der Waals surface area (Å²) in [6.07, 6.45) is 3.89. The SMILES string of the molecule is CCCOc1ccc(OC(=O)/C=C/c2cc(OC)c(OC)c(OC)c2)cc1. The molecule has 0 unspecified atom stereocenters. The van der Waals surface area contributed by atoms with E-state index in [4.69, 9.17) is 23.7 Å². The lowest BCUT2D eigenvalue weighted by Crippen LogP contribution is -2.03. The standard InChI is InChI=1S/C21H24O6/c1-5-12-26-16-7-9-17(10-8-16)27-20(22)11-6-15-13-18(23-2)21(25-4)19(14-15)24-3/h6-11,13-14H,5,12H2,1-4H3/b11-6+. The highest BCUT2D eigenvalue weighted by Gasteiger charge is 2.12. The molecule has 0 bridgehead atoms. The molecule has 0 heterocycles. The maximum absolute atomic E-state index is 12.0. The van der Waals surface area contributed by atoms with Crippen molar-refractivity contribution < 1.29 is 28.5 Å². The molecule has 0 aliphatic carbocycles. The minimum Gasteiger partial charge on any atom is -0.494 e. The normalized spacial score (nSPS) is 10.5. The average Bonchev–Trinajstić information content (AvgIpc) is 2.70. The smallest absolute Gasteiger partial charge is 0.336 e. The number of rotatable bonds is 9. The molecule has 6 heteroatoms. The molecule has 27 heavy (non-hydrogen) atoms. The molecule has 2 aromatic carbocycles. The molecule has 2 rings (SSSR count). The Hall–Kier alpha value is -3.15. The summed E-state index contributed by atoms with van der Waals surface area (Å²) in [5, 5.41) is 0. The summed E-state index contributed by atoms with van der Waals surface area (Å²) in [7, 11) is 4.60. The lowest BCUT2D eigenvalue weighted by atomic mass is 10.1. The molecule has 0 aromatic heterocycles. The Morgan fingerprint density at radius 3 is 2.04 bits per heavy atom. The molecule has 0 saturated heterocycles. The van der Waals surface area contributed by atoms with Gasteiger partial charge in [0, 0.05) is 6.08 Å². The molecule has 0 amide bonds. The van der Waals surface area contributed by atoms with Crippen LogP contribution in [0, 0.1) is 0 Å². The van der Waals surface area contributed by atoms with Crippen LogP contribution in [0.1, 0.15) is 18.9 Å². The van der Waals surface area contributed by atoms with Gasteiger partial charge < -0.3 is 23.7 Å². The monoisotopic (exact) mass is 372 g/mol. The van der Waals surface area contributed by atoms with E-state index in [9.17, 15) is 4.79 Å². The molecule has 0 saturated carbocycles. The number of hydrogen-bond donors (Lipinski definition) is 0. The predicted octanol–water partition coefficient (Wildman–Crippen LogP) is 4.12. The van der Waals surface area contributed by atoms with Crippen molar-refractivity contribution in [3.8, 4) is 28.7 Å². The summed E-state index contributed by atoms with van der Waals surface area (Å²) in [4.78, 5) is 12.0. The van der Waals surface area contributed by atoms with Gasteiger partial charge in [0.1, 0.15) is 11.5 Å². The third-order valence-corrected chi connectivity index (χ3v) is 3.61. The van der Waals surface area contributed by atoms with Crippen LogP contribution < -0.4 is 23.7 Å². The number of methoxy groups -OCH3 is 3. The van der Waals surface area contributed by atoms with Gasteiger partial charge in [-0.2, -0.15) is 0 Å². The van der Waals surface area contributed by atoms with E-state index in [2.05, 4.69) is 0 Å². The van der Waals surface area contributed by atoms with Gasteiger partial charge in [0.15, 0.2) is 11.5 Å². The summed E-state index contributed by atoms with van der Waals surface area (Å²) >= 11 is 0. The predicted molar refractivity (Wildman–Crippen MR) is 103 cm³/mol. The van der Waals surface area contributed by atoms with E-state index in [0.717, 1.165) is 12.2 Å². The quantitative estimate of drug-likeness (QED) is 0.375. The van der Waals surface area contributed by atoms with E-state index >= 15 is 0 Å². The zero-order valence-corrected chi connectivity index (χ0v) is 16.0. The Labute approximate surface area is 159 Å². The minimum atomic E-state index is -0.494. The Morgan fingerprint density at radius 2 is 1.52 bits per heavy atom. The number of ether oxygens (including phenoxy) is 5. The van der Waals surface area contributed by atoms with Crippen molar-refractivity contribution in [3.05, 3.63) is 48.0 Å². The molecular formula is C21H24O6. The number of carbonyl (C=O) groups excluding carboxylic acids is 1. The highest BCUT2D eigenvalue weighted by molar-refractivity contribution is 5.89. The number of hydrogen-bond acceptors (Lipinski definition) is 6. The van der Waals surface area contributed by atoms with Gasteiger partial charge in [-0.1, -0.05) is 6.92 Å². The van der Waals surface area contributed by atoms with Crippen LogP contribution in [0.15, 0.2) is 42.5 Å². The first-order valence-electron chi connectivity index (χ1n) is 8.54. The maximum atomic E-state index is 12.0. The van der Waals surface area contributed by atoms with Crippen LogP contribution in [0.4, 0.5) is 0 Å². The van der Waals surface area contributed by atoms with Gasteiger partial charge in [-0.05, 0) is 54.5 Å². The van der Waals surface area contributed by atoms with Crippen molar-refractivity contribution >= 4 is 12.0 Å². The van der Waals surface area contributed by atoms with Crippen LogP contribution in [0.25, 0.3) is 6.08 Å². The molecule has 144 valence electrons. The van der Waals surface area contributed by atoms with Crippen LogP contribution >= 0.6 is 0 Å². The molecule has 0 spiro atoms. The average molecular weight is 372 g/mol. The third kappa shape index (κ3) is 5.67. The minimum absolute atomic E-state index is 0.443. The van der Waals surface area contributed by atoms with Gasteiger partial charge >= 0.3 is 5.97 Å². The van der Waals surface area contributed by atoms with Crippen molar-refractivity contribution in [2.75, 3.05) is 27.9 Å². The van der Waals surface area contributed by atoms with E-state index in [0.29, 0.717) is 35.2 Å². The zero-order valence-electron chi connectivity index (χ0n) is 16.0. The van der Waals surface area contributed by atoms with Crippen LogP contribution in [0.5, 0.6) is 28.7 Å². The van der Waals surface area contributed by atoms with Gasteiger partial charge in [0.05, 0.1) is 27.9 Å². The van der Waals surface area contributed by atoms with E-state index in [1.807, 2.05) is 6.92 Å². The number of carbonyl (C=O) groups is 1. The number of benzene rings is 2. The van der Waals surface area contributed by atoms with Crippen LogP contribution in [0.2, 0.25) is 0 Å². The highest BCUT2D eigenvalue weighted by atomic mass is 16.5. The fourth-order valence-corrected chi connectivity index (χ4v) is 2.34. The van der Waals surface area contributed by atoms with Gasteiger partial charge in [-0.3, -0.25) is 0 Å². The summed E-state index contributed by atoms with van der Waals surface area (Å²) in [6.45, 7) is 2.69. The van der Waals surface area contributed by atoms with Crippen molar-refractivity contribution in [1.29, 1.82) is 0 Å². The van der Waals surface area contributed by atoms with Gasteiger partial charge in [-0.15, -0.1) is 0 Å². The van der Waals surface area contributed by atoms with Crippen molar-refractivity contribution in [3.63, 3.8) is 0 Å². The fourth-order valence-electron chi connectivity index (χ4n) is 2.34. The first-order chi connectivity index (χ1) is 13.1. The van der Waals surface area contributed by atoms with E-state index in [-0.39, 0.29) is 0 Å². The summed E-state index contributed by atoms with van der Waals surface area (Å²) in [6, 6.07) is 10.4. The largest absolute Gasteiger partial charge is 0.494 e. The van der Waals surface area contributed by atoms with Crippen molar-refractivity contribution in [2.24, 2.45) is 0 Å². The van der Waals surface area contributed by atoms with E-state index in [1.54, 1.807) is 42.5 Å². The molecular weight excluding hydrogens is 348 g/mol. The first-order valence-corrected chi connectivity index (χ1v) is 8.54. The lowest BCUT2D eigenvalue weighted by Gasteiger charge is -2.12. The second kappa shape index (κ2) is 10.1. The summed E-state index contributed by atoms with van der Waals surface area (Å²) in [5.74, 6) is 2.19. The van der Waals surface area contributed by atoms with Gasteiger partial charge in [0.25, 0.3) is 0 Å². The Morgan fingerprint density at radius 1 is 0.926 bits per heavy atom. The lowest BCUT2D eigenvalue weighted by molar-refractivity contribution is -0.128. The topological polar surface area (TPSA) is 63.2 Å². The maximum Gasteiger partial charge on any atom is 0.336 e. The van der Waals surface area contributed by atoms with Gasteiger partial charge in [-0.25, -0.2) is 4.79 Å². The fraction of sp³-hybridized carbons (Fsp3) is 0.286. The van der Waals surface area contributed by atoms with Crippen molar-refractivity contribution in [1.82, 2.24) is 0 Å². The van der Waals surface area contributed by atoms with Crippen LogP contribution in [0.3, 0.4) is 0 Å². The van der Waals surface area contributed by atoms with Gasteiger partial charge in [0.2, 0.25) is 5.75 Å². The Balaban J connectivity index is 2.05. The molecule has 6 nitrogen and oxygen atoms in total. The molecule has 0 aliphatic heterocycles. The second-order valence-electron chi connectivity index (χ2n) is 5.53. The van der Waals surface area contributed by atoms with E-state index < -0.39 is 5.97 Å². The molecule has 0 atom stereocenters. The molecule has 2 aromatic rings. The third-order valence-electron chi connectivity index (χ3n) is 3.61. The Kier molecular flexibility index (Phi) is 7.55. The Bertz CT molecular complexity index is 755. The van der Waals surface area contributed by atoms with E-state index in [1.165, 1.54) is 27.4 Å². The number of esters is 1. The second-order valence-corrected chi connectivity index (χ2v) is 5.53. The van der Waals surface area contributed by atoms with Crippen LogP contribution in [-0.4, -0.2) is 33.9 Å². The van der Waals surface area contributed by atoms with Crippen LogP contribution in [-0.2, 0) is 4.79 Å². The summed E-state index contributed by atoms with van der Waals surface area (Å²) < 4.78 is 26.6. The molecule has 0 N–H and O–H groups in total.